The van der Waals surface area contributed by atoms with Crippen molar-refractivity contribution in [3.63, 3.8) is 0 Å². The zero-order valence-electron chi connectivity index (χ0n) is 15.3. The molecule has 0 aliphatic carbocycles. The van der Waals surface area contributed by atoms with Gasteiger partial charge in [-0.05, 0) is 31.0 Å². The van der Waals surface area contributed by atoms with E-state index in [9.17, 15) is 4.79 Å². The second-order valence-corrected chi connectivity index (χ2v) is 7.25. The zero-order valence-corrected chi connectivity index (χ0v) is 16.0. The van der Waals surface area contributed by atoms with Gasteiger partial charge in [0.1, 0.15) is 0 Å². The molecule has 27 heavy (non-hydrogen) atoms. The highest BCUT2D eigenvalue weighted by Gasteiger charge is 2.28. The number of aryl methyl sites for hydroxylation is 2. The molecular formula is C19H21ClN6O. The van der Waals surface area contributed by atoms with Crippen LogP contribution in [-0.2, 0) is 7.05 Å². The van der Waals surface area contributed by atoms with Gasteiger partial charge in [-0.25, -0.2) is 9.48 Å². The van der Waals surface area contributed by atoms with Crippen LogP contribution in [0.15, 0.2) is 42.7 Å². The summed E-state index contributed by atoms with van der Waals surface area (Å²) in [5.41, 5.74) is 2.86. The SMILES string of the molecule is Cc1cc(NC(=O)N2CCC(c3cnn(C)c3)C2)nn1-c1ccccc1Cl. The van der Waals surface area contributed by atoms with Crippen molar-refractivity contribution < 1.29 is 4.79 Å². The van der Waals surface area contributed by atoms with Crippen LogP contribution in [0.5, 0.6) is 0 Å². The fourth-order valence-electron chi connectivity index (χ4n) is 3.46. The predicted octanol–water partition coefficient (Wildman–Crippen LogP) is 3.59. The average Bonchev–Trinajstić information content (AvgIpc) is 3.35. The summed E-state index contributed by atoms with van der Waals surface area (Å²) >= 11 is 6.26. The summed E-state index contributed by atoms with van der Waals surface area (Å²) in [7, 11) is 1.90. The van der Waals surface area contributed by atoms with Crippen LogP contribution in [0.4, 0.5) is 10.6 Å². The van der Waals surface area contributed by atoms with E-state index in [-0.39, 0.29) is 6.03 Å². The summed E-state index contributed by atoms with van der Waals surface area (Å²) in [6, 6.07) is 9.20. The molecule has 4 rings (SSSR count). The average molecular weight is 385 g/mol. The Morgan fingerprint density at radius 2 is 2.15 bits per heavy atom. The molecule has 7 nitrogen and oxygen atoms in total. The maximum Gasteiger partial charge on any atom is 0.323 e. The third kappa shape index (κ3) is 3.55. The predicted molar refractivity (Wildman–Crippen MR) is 104 cm³/mol. The molecule has 0 spiro atoms. The molecule has 1 N–H and O–H groups in total. The van der Waals surface area contributed by atoms with Crippen molar-refractivity contribution in [3.8, 4) is 5.69 Å². The fraction of sp³-hybridized carbons (Fsp3) is 0.316. The Labute approximate surface area is 162 Å². The van der Waals surface area contributed by atoms with E-state index in [1.165, 1.54) is 5.56 Å². The molecule has 1 aromatic carbocycles. The fourth-order valence-corrected chi connectivity index (χ4v) is 3.68. The molecule has 140 valence electrons. The largest absolute Gasteiger partial charge is 0.324 e. The molecule has 0 bridgehead atoms. The molecule has 3 heterocycles. The normalized spacial score (nSPS) is 16.7. The van der Waals surface area contributed by atoms with Gasteiger partial charge in [0.25, 0.3) is 0 Å². The molecule has 1 aliphatic rings. The summed E-state index contributed by atoms with van der Waals surface area (Å²) in [5.74, 6) is 0.842. The third-order valence-corrected chi connectivity index (χ3v) is 5.19. The lowest BCUT2D eigenvalue weighted by molar-refractivity contribution is 0.222. The maximum atomic E-state index is 12.6. The molecule has 2 aromatic heterocycles. The van der Waals surface area contributed by atoms with E-state index in [0.717, 1.165) is 24.3 Å². The molecular weight excluding hydrogens is 364 g/mol. The molecule has 1 fully saturated rings. The Bertz CT molecular complexity index is 978. The number of rotatable bonds is 3. The van der Waals surface area contributed by atoms with Crippen LogP contribution in [0.25, 0.3) is 5.69 Å². The van der Waals surface area contributed by atoms with Crippen LogP contribution in [0.1, 0.15) is 23.6 Å². The smallest absolute Gasteiger partial charge is 0.323 e. The number of urea groups is 1. The van der Waals surface area contributed by atoms with Gasteiger partial charge in [-0.1, -0.05) is 23.7 Å². The second kappa shape index (κ2) is 7.08. The lowest BCUT2D eigenvalue weighted by Crippen LogP contribution is -2.33. The Hall–Kier alpha value is -2.80. The number of amides is 2. The highest BCUT2D eigenvalue weighted by atomic mass is 35.5. The number of halogens is 1. The molecule has 1 atom stereocenters. The van der Waals surface area contributed by atoms with E-state index >= 15 is 0 Å². The van der Waals surface area contributed by atoms with Crippen molar-refractivity contribution in [2.45, 2.75) is 19.3 Å². The molecule has 8 heteroatoms. The number of anilines is 1. The molecule has 3 aromatic rings. The van der Waals surface area contributed by atoms with Crippen molar-refractivity contribution in [3.05, 3.63) is 59.0 Å². The Kier molecular flexibility index (Phi) is 4.61. The summed E-state index contributed by atoms with van der Waals surface area (Å²) in [6.45, 7) is 3.33. The molecule has 0 saturated carbocycles. The number of carbonyl (C=O) groups excluding carboxylic acids is 1. The number of benzene rings is 1. The highest BCUT2D eigenvalue weighted by molar-refractivity contribution is 6.32. The first-order valence-corrected chi connectivity index (χ1v) is 9.25. The van der Waals surface area contributed by atoms with Gasteiger partial charge in [0.15, 0.2) is 5.82 Å². The van der Waals surface area contributed by atoms with Crippen molar-refractivity contribution in [2.75, 3.05) is 18.4 Å². The van der Waals surface area contributed by atoms with E-state index in [2.05, 4.69) is 15.5 Å². The topological polar surface area (TPSA) is 68.0 Å². The number of nitrogens with one attached hydrogen (secondary N) is 1. The molecule has 0 radical (unpaired) electrons. The minimum absolute atomic E-state index is 0.134. The minimum atomic E-state index is -0.134. The Morgan fingerprint density at radius 3 is 2.89 bits per heavy atom. The lowest BCUT2D eigenvalue weighted by Gasteiger charge is -2.16. The standard InChI is InChI=1S/C19H21ClN6O/c1-13-9-18(23-26(13)17-6-4-3-5-16(17)20)22-19(27)25-8-7-14(12-25)15-10-21-24(2)11-15/h3-6,9-11,14H,7-8,12H2,1-2H3,(H,22,23,27). The summed E-state index contributed by atoms with van der Waals surface area (Å²) < 4.78 is 3.53. The van der Waals surface area contributed by atoms with Gasteiger partial charge in [0.05, 0.1) is 16.9 Å². The Balaban J connectivity index is 1.45. The van der Waals surface area contributed by atoms with Crippen LogP contribution < -0.4 is 5.32 Å². The highest BCUT2D eigenvalue weighted by Crippen LogP contribution is 2.27. The van der Waals surface area contributed by atoms with Gasteiger partial charge >= 0.3 is 6.03 Å². The number of nitrogens with zero attached hydrogens (tertiary/aromatic N) is 5. The van der Waals surface area contributed by atoms with E-state index in [0.29, 0.717) is 23.3 Å². The molecule has 1 aliphatic heterocycles. The van der Waals surface area contributed by atoms with E-state index in [1.807, 2.05) is 61.6 Å². The number of hydrogen-bond acceptors (Lipinski definition) is 3. The number of likely N-dealkylation sites (tertiary alicyclic amines) is 1. The monoisotopic (exact) mass is 384 g/mol. The zero-order chi connectivity index (χ0) is 19.0. The first-order chi connectivity index (χ1) is 13.0. The van der Waals surface area contributed by atoms with E-state index < -0.39 is 0 Å². The summed E-state index contributed by atoms with van der Waals surface area (Å²) in [4.78, 5) is 14.5. The third-order valence-electron chi connectivity index (χ3n) is 4.87. The first kappa shape index (κ1) is 17.6. The molecule has 2 amide bonds. The van der Waals surface area contributed by atoms with Gasteiger partial charge in [-0.3, -0.25) is 10.00 Å². The van der Waals surface area contributed by atoms with Crippen LogP contribution in [-0.4, -0.2) is 43.6 Å². The summed E-state index contributed by atoms with van der Waals surface area (Å²) in [6.07, 6.45) is 4.83. The van der Waals surface area contributed by atoms with Crippen LogP contribution in [0.3, 0.4) is 0 Å². The molecule has 1 unspecified atom stereocenters. The number of aromatic nitrogens is 4. The van der Waals surface area contributed by atoms with Crippen molar-refractivity contribution in [2.24, 2.45) is 7.05 Å². The van der Waals surface area contributed by atoms with Crippen LogP contribution >= 0.6 is 11.6 Å². The first-order valence-electron chi connectivity index (χ1n) is 8.87. The number of hydrogen-bond donors (Lipinski definition) is 1. The number of carbonyl (C=O) groups is 1. The van der Waals surface area contributed by atoms with Gasteiger partial charge in [-0.15, -0.1) is 5.10 Å². The van der Waals surface area contributed by atoms with Crippen molar-refractivity contribution in [1.29, 1.82) is 0 Å². The van der Waals surface area contributed by atoms with E-state index in [4.69, 9.17) is 11.6 Å². The van der Waals surface area contributed by atoms with Gasteiger partial charge < -0.3 is 4.90 Å². The van der Waals surface area contributed by atoms with Crippen LogP contribution in [0, 0.1) is 6.92 Å². The summed E-state index contributed by atoms with van der Waals surface area (Å²) in [5, 5.41) is 12.2. The minimum Gasteiger partial charge on any atom is -0.324 e. The lowest BCUT2D eigenvalue weighted by atomic mass is 10.0. The Morgan fingerprint density at radius 1 is 1.33 bits per heavy atom. The van der Waals surface area contributed by atoms with Crippen molar-refractivity contribution in [1.82, 2.24) is 24.5 Å². The second-order valence-electron chi connectivity index (χ2n) is 6.84. The van der Waals surface area contributed by atoms with Gasteiger partial charge in [0.2, 0.25) is 0 Å². The quantitative estimate of drug-likeness (QED) is 0.750. The molecule has 1 saturated heterocycles. The number of para-hydroxylation sites is 1. The van der Waals surface area contributed by atoms with Gasteiger partial charge in [0, 0.05) is 44.0 Å². The van der Waals surface area contributed by atoms with E-state index in [1.54, 1.807) is 9.36 Å². The van der Waals surface area contributed by atoms with Crippen LogP contribution in [0.2, 0.25) is 5.02 Å². The van der Waals surface area contributed by atoms with Gasteiger partial charge in [-0.2, -0.15) is 5.10 Å². The van der Waals surface area contributed by atoms with Crippen molar-refractivity contribution >= 4 is 23.4 Å². The maximum absolute atomic E-state index is 12.6.